The molecule has 30 heavy (non-hydrogen) atoms. The van der Waals surface area contributed by atoms with Gasteiger partial charge in [0.05, 0.1) is 12.1 Å². The molecular formula is C19H26F3N3O4S. The van der Waals surface area contributed by atoms with Gasteiger partial charge in [-0.05, 0) is 77.5 Å². The molecule has 3 N–H and O–H groups in total. The monoisotopic (exact) mass is 449 g/mol. The summed E-state index contributed by atoms with van der Waals surface area (Å²) in [5.41, 5.74) is 2.41. The lowest BCUT2D eigenvalue weighted by atomic mass is 10.1. The zero-order valence-corrected chi connectivity index (χ0v) is 18.5. The Hall–Kier alpha value is -2.56. The molecule has 0 bridgehead atoms. The molecule has 0 radical (unpaired) electrons. The predicted octanol–water partition coefficient (Wildman–Crippen LogP) is 5.03. The number of carbonyl (C=O) groups excluding carboxylic acids is 2. The van der Waals surface area contributed by atoms with Gasteiger partial charge in [-0.2, -0.15) is 13.2 Å². The summed E-state index contributed by atoms with van der Waals surface area (Å²) in [5, 5.41) is 2.18. The molecule has 0 saturated heterocycles. The van der Waals surface area contributed by atoms with Crippen LogP contribution in [0.1, 0.15) is 52.7 Å². The second-order valence-electron chi connectivity index (χ2n) is 8.45. The van der Waals surface area contributed by atoms with Crippen molar-refractivity contribution in [1.82, 2.24) is 4.90 Å². The van der Waals surface area contributed by atoms with E-state index in [1.54, 1.807) is 41.5 Å². The Morgan fingerprint density at radius 2 is 1.47 bits per heavy atom. The number of imide groups is 1. The number of alkyl halides is 3. The van der Waals surface area contributed by atoms with Crippen molar-refractivity contribution in [3.8, 4) is 0 Å². The molecular weight excluding hydrogens is 423 g/mol. The van der Waals surface area contributed by atoms with Crippen LogP contribution in [0.2, 0.25) is 0 Å². The Balaban J connectivity index is 3.37. The van der Waals surface area contributed by atoms with E-state index in [1.165, 1.54) is 6.07 Å². The third kappa shape index (κ3) is 8.85. The molecule has 0 unspecified atom stereocenters. The maximum absolute atomic E-state index is 13.3. The molecule has 0 aliphatic heterocycles. The largest absolute Gasteiger partial charge is 0.443 e. The van der Waals surface area contributed by atoms with Gasteiger partial charge in [0.15, 0.2) is 5.11 Å². The summed E-state index contributed by atoms with van der Waals surface area (Å²) in [4.78, 5) is 25.7. The van der Waals surface area contributed by atoms with E-state index in [4.69, 9.17) is 15.2 Å². The average Bonchev–Trinajstić information content (AvgIpc) is 2.47. The van der Waals surface area contributed by atoms with E-state index in [0.29, 0.717) is 4.90 Å². The number of benzene rings is 1. The number of nitrogens with one attached hydrogen (secondary N) is 1. The van der Waals surface area contributed by atoms with Crippen LogP contribution in [0.15, 0.2) is 18.2 Å². The van der Waals surface area contributed by atoms with Gasteiger partial charge in [-0.15, -0.1) is 0 Å². The van der Waals surface area contributed by atoms with Crippen molar-refractivity contribution in [1.29, 1.82) is 0 Å². The molecule has 1 rings (SSSR count). The quantitative estimate of drug-likeness (QED) is 0.625. The highest BCUT2D eigenvalue weighted by atomic mass is 32.1. The minimum atomic E-state index is -4.68. The van der Waals surface area contributed by atoms with Gasteiger partial charge in [0.1, 0.15) is 11.2 Å². The number of rotatable bonds is 3. The SMILES string of the molecule is CC(C)(C)OC(=O)N(Cc1cc(NC(N)=S)cc(C(F)(F)F)c1)C(=O)OC(C)(C)C. The Morgan fingerprint density at radius 1 is 1.00 bits per heavy atom. The highest BCUT2D eigenvalue weighted by molar-refractivity contribution is 7.80. The third-order valence-corrected chi connectivity index (χ3v) is 3.26. The molecule has 2 amide bonds. The number of carbonyl (C=O) groups is 2. The van der Waals surface area contributed by atoms with Crippen LogP contribution in [-0.2, 0) is 22.2 Å². The number of ether oxygens (including phenoxy) is 2. The summed E-state index contributed by atoms with van der Waals surface area (Å²) >= 11 is 4.67. The summed E-state index contributed by atoms with van der Waals surface area (Å²) in [5.74, 6) is 0. The minimum Gasteiger partial charge on any atom is -0.443 e. The Labute approximate surface area is 178 Å². The van der Waals surface area contributed by atoms with Crippen LogP contribution in [0.3, 0.4) is 0 Å². The molecule has 1 aromatic carbocycles. The van der Waals surface area contributed by atoms with E-state index in [-0.39, 0.29) is 16.4 Å². The van der Waals surface area contributed by atoms with Gasteiger partial charge >= 0.3 is 18.4 Å². The third-order valence-electron chi connectivity index (χ3n) is 3.16. The van der Waals surface area contributed by atoms with Gasteiger partial charge in [0.2, 0.25) is 0 Å². The Kier molecular flexibility index (Phi) is 7.70. The number of hydrogen-bond donors (Lipinski definition) is 2. The van der Waals surface area contributed by atoms with E-state index in [2.05, 4.69) is 17.5 Å². The molecule has 0 atom stereocenters. The maximum atomic E-state index is 13.3. The minimum absolute atomic E-state index is 0.0136. The van der Waals surface area contributed by atoms with Crippen molar-refractivity contribution in [2.75, 3.05) is 5.32 Å². The lowest BCUT2D eigenvalue weighted by molar-refractivity contribution is -0.137. The highest BCUT2D eigenvalue weighted by Gasteiger charge is 2.34. The normalized spacial score (nSPS) is 12.2. The van der Waals surface area contributed by atoms with Crippen LogP contribution in [0.4, 0.5) is 28.4 Å². The van der Waals surface area contributed by atoms with Crippen molar-refractivity contribution in [3.63, 3.8) is 0 Å². The molecule has 168 valence electrons. The van der Waals surface area contributed by atoms with Crippen LogP contribution >= 0.6 is 12.2 Å². The summed E-state index contributed by atoms with van der Waals surface area (Å²) < 4.78 is 50.3. The number of thiocarbonyl (C=S) groups is 1. The lowest BCUT2D eigenvalue weighted by Gasteiger charge is -2.29. The van der Waals surface area contributed by atoms with Gasteiger partial charge in [-0.1, -0.05) is 0 Å². The Bertz CT molecular complexity index is 787. The highest BCUT2D eigenvalue weighted by Crippen LogP contribution is 2.32. The number of nitrogens with zero attached hydrogens (tertiary/aromatic N) is 1. The zero-order chi connectivity index (χ0) is 23.5. The fraction of sp³-hybridized carbons (Fsp3) is 0.526. The number of nitrogens with two attached hydrogens (primary N) is 1. The van der Waals surface area contributed by atoms with Crippen LogP contribution in [0.5, 0.6) is 0 Å². The second-order valence-corrected chi connectivity index (χ2v) is 8.89. The van der Waals surface area contributed by atoms with E-state index >= 15 is 0 Å². The summed E-state index contributed by atoms with van der Waals surface area (Å²) in [6.45, 7) is 9.01. The van der Waals surface area contributed by atoms with Gasteiger partial charge < -0.3 is 20.5 Å². The van der Waals surface area contributed by atoms with Crippen LogP contribution in [-0.4, -0.2) is 33.4 Å². The molecule has 11 heteroatoms. The number of hydrogen-bond acceptors (Lipinski definition) is 5. The van der Waals surface area contributed by atoms with Gasteiger partial charge in [0, 0.05) is 5.69 Å². The smallest absolute Gasteiger partial charge is 0.420 e. The second kappa shape index (κ2) is 9.07. The Morgan fingerprint density at radius 3 is 1.83 bits per heavy atom. The first kappa shape index (κ1) is 25.5. The average molecular weight is 449 g/mol. The molecule has 7 nitrogen and oxygen atoms in total. The molecule has 0 aliphatic carbocycles. The standard InChI is InChI=1S/C19H26F3N3O4S/c1-17(2,3)28-15(26)25(16(27)29-18(4,5)6)10-11-7-12(19(20,21)22)9-13(8-11)24-14(23)30/h7-9H,10H2,1-6H3,(H3,23,24,30). The number of amides is 2. The van der Waals surface area contributed by atoms with Crippen molar-refractivity contribution in [3.05, 3.63) is 29.3 Å². The molecule has 1 aromatic rings. The van der Waals surface area contributed by atoms with E-state index < -0.39 is 41.7 Å². The van der Waals surface area contributed by atoms with Gasteiger partial charge in [-0.25, -0.2) is 14.5 Å². The molecule has 0 spiro atoms. The van der Waals surface area contributed by atoms with Crippen LogP contribution in [0.25, 0.3) is 0 Å². The number of halogens is 3. The summed E-state index contributed by atoms with van der Waals surface area (Å²) in [7, 11) is 0. The molecule has 0 fully saturated rings. The molecule has 0 saturated carbocycles. The van der Waals surface area contributed by atoms with E-state index in [1.807, 2.05) is 0 Å². The van der Waals surface area contributed by atoms with Crippen LogP contribution in [0, 0.1) is 0 Å². The topological polar surface area (TPSA) is 93.9 Å². The van der Waals surface area contributed by atoms with E-state index in [9.17, 15) is 22.8 Å². The summed E-state index contributed by atoms with van der Waals surface area (Å²) in [6.07, 6.45) is -6.79. The first-order valence-electron chi connectivity index (χ1n) is 8.88. The lowest BCUT2D eigenvalue weighted by Crippen LogP contribution is -2.43. The fourth-order valence-corrected chi connectivity index (χ4v) is 2.30. The van der Waals surface area contributed by atoms with Crippen molar-refractivity contribution < 1.29 is 32.2 Å². The molecule has 0 aromatic heterocycles. The first-order chi connectivity index (χ1) is 13.4. The summed E-state index contributed by atoms with van der Waals surface area (Å²) in [6, 6.07) is 2.91. The molecule has 0 aliphatic rings. The number of anilines is 1. The van der Waals surface area contributed by atoms with Crippen molar-refractivity contribution >= 4 is 35.2 Å². The molecule has 0 heterocycles. The fourth-order valence-electron chi connectivity index (χ4n) is 2.18. The zero-order valence-electron chi connectivity index (χ0n) is 17.6. The van der Waals surface area contributed by atoms with Crippen molar-refractivity contribution in [2.45, 2.75) is 65.5 Å². The maximum Gasteiger partial charge on any atom is 0.420 e. The van der Waals surface area contributed by atoms with Crippen LogP contribution < -0.4 is 11.1 Å². The van der Waals surface area contributed by atoms with Gasteiger partial charge in [0.25, 0.3) is 0 Å². The predicted molar refractivity (Wildman–Crippen MR) is 110 cm³/mol. The first-order valence-corrected chi connectivity index (χ1v) is 9.29. The van der Waals surface area contributed by atoms with E-state index in [0.717, 1.165) is 12.1 Å². The van der Waals surface area contributed by atoms with Gasteiger partial charge in [-0.3, -0.25) is 0 Å². The van der Waals surface area contributed by atoms with Crippen molar-refractivity contribution in [2.24, 2.45) is 5.73 Å².